The normalized spacial score (nSPS) is 18.1. The zero-order chi connectivity index (χ0) is 15.8. The van der Waals surface area contributed by atoms with Crippen molar-refractivity contribution >= 4 is 5.91 Å². The van der Waals surface area contributed by atoms with E-state index in [-0.39, 0.29) is 11.3 Å². The Bertz CT molecular complexity index is 448. The number of unbranched alkanes of at least 4 members (excludes halogenated alkanes) is 1. The zero-order valence-corrected chi connectivity index (χ0v) is 14.2. The van der Waals surface area contributed by atoms with Crippen LogP contribution >= 0.6 is 0 Å². The standard InChI is InChI=1S/C20H31NO/c1-3-5-11-17(4-2)16-21-19(22)20(14-9-10-15-20)18-12-7-6-8-13-18/h6-8,12-13,17H,3-5,9-11,14-16H2,1-2H3,(H,21,22). The Morgan fingerprint density at radius 2 is 1.86 bits per heavy atom. The van der Waals surface area contributed by atoms with Crippen LogP contribution in [0.2, 0.25) is 0 Å². The van der Waals surface area contributed by atoms with Crippen molar-refractivity contribution in [2.75, 3.05) is 6.54 Å². The summed E-state index contributed by atoms with van der Waals surface area (Å²) in [5.41, 5.74) is 0.927. The molecule has 0 aliphatic heterocycles. The second-order valence-electron chi connectivity index (χ2n) is 6.78. The Balaban J connectivity index is 2.02. The maximum Gasteiger partial charge on any atom is 0.230 e. The minimum Gasteiger partial charge on any atom is -0.355 e. The van der Waals surface area contributed by atoms with Crippen LogP contribution in [0.15, 0.2) is 30.3 Å². The number of benzene rings is 1. The highest BCUT2D eigenvalue weighted by Gasteiger charge is 2.42. The van der Waals surface area contributed by atoms with Gasteiger partial charge in [0.05, 0.1) is 5.41 Å². The van der Waals surface area contributed by atoms with Crippen molar-refractivity contribution in [1.82, 2.24) is 5.32 Å². The SMILES string of the molecule is CCCCC(CC)CNC(=O)C1(c2ccccc2)CCCC1. The molecule has 1 saturated carbocycles. The summed E-state index contributed by atoms with van der Waals surface area (Å²) in [5, 5.41) is 3.28. The van der Waals surface area contributed by atoms with E-state index in [0.717, 1.165) is 38.6 Å². The molecule has 1 N–H and O–H groups in total. The third-order valence-electron chi connectivity index (χ3n) is 5.31. The number of carbonyl (C=O) groups is 1. The van der Waals surface area contributed by atoms with E-state index in [4.69, 9.17) is 0 Å². The van der Waals surface area contributed by atoms with Crippen molar-refractivity contribution in [2.24, 2.45) is 5.92 Å². The van der Waals surface area contributed by atoms with Crippen LogP contribution in [0.4, 0.5) is 0 Å². The summed E-state index contributed by atoms with van der Waals surface area (Å²) in [6, 6.07) is 10.4. The number of hydrogen-bond donors (Lipinski definition) is 1. The van der Waals surface area contributed by atoms with E-state index in [1.807, 2.05) is 6.07 Å². The Labute approximate surface area is 135 Å². The van der Waals surface area contributed by atoms with Crippen LogP contribution < -0.4 is 5.32 Å². The Kier molecular flexibility index (Phi) is 6.48. The first-order valence-corrected chi connectivity index (χ1v) is 9.06. The molecule has 1 fully saturated rings. The average Bonchev–Trinajstić information content (AvgIpc) is 3.06. The largest absolute Gasteiger partial charge is 0.355 e. The molecule has 0 heterocycles. The van der Waals surface area contributed by atoms with E-state index in [2.05, 4.69) is 43.4 Å². The summed E-state index contributed by atoms with van der Waals surface area (Å²) in [6.45, 7) is 5.30. The molecular formula is C20H31NO. The maximum atomic E-state index is 13.0. The molecule has 1 aliphatic rings. The lowest BCUT2D eigenvalue weighted by Gasteiger charge is -2.29. The predicted molar refractivity (Wildman–Crippen MR) is 92.9 cm³/mol. The van der Waals surface area contributed by atoms with Gasteiger partial charge in [0.15, 0.2) is 0 Å². The van der Waals surface area contributed by atoms with E-state index in [1.165, 1.54) is 24.8 Å². The van der Waals surface area contributed by atoms with Crippen LogP contribution in [0.3, 0.4) is 0 Å². The van der Waals surface area contributed by atoms with E-state index in [9.17, 15) is 4.79 Å². The third kappa shape index (κ3) is 3.91. The summed E-state index contributed by atoms with van der Waals surface area (Å²) in [7, 11) is 0. The van der Waals surface area contributed by atoms with Gasteiger partial charge < -0.3 is 5.32 Å². The fraction of sp³-hybridized carbons (Fsp3) is 0.650. The fourth-order valence-electron chi connectivity index (χ4n) is 3.73. The molecule has 0 aromatic heterocycles. The molecule has 1 aromatic rings. The molecule has 1 atom stereocenters. The first kappa shape index (κ1) is 17.1. The molecule has 0 saturated heterocycles. The summed E-state index contributed by atoms with van der Waals surface area (Å²) < 4.78 is 0. The fourth-order valence-corrected chi connectivity index (χ4v) is 3.73. The van der Waals surface area contributed by atoms with Gasteiger partial charge in [-0.2, -0.15) is 0 Å². The monoisotopic (exact) mass is 301 g/mol. The lowest BCUT2D eigenvalue weighted by molar-refractivity contribution is -0.126. The van der Waals surface area contributed by atoms with Gasteiger partial charge in [0.25, 0.3) is 0 Å². The number of rotatable bonds is 8. The molecule has 22 heavy (non-hydrogen) atoms. The molecule has 1 aliphatic carbocycles. The van der Waals surface area contributed by atoms with E-state index in [0.29, 0.717) is 5.92 Å². The van der Waals surface area contributed by atoms with Crippen LogP contribution in [0.5, 0.6) is 0 Å². The van der Waals surface area contributed by atoms with Crippen molar-refractivity contribution in [3.8, 4) is 0 Å². The van der Waals surface area contributed by atoms with Crippen molar-refractivity contribution in [3.05, 3.63) is 35.9 Å². The average molecular weight is 301 g/mol. The van der Waals surface area contributed by atoms with Gasteiger partial charge in [-0.15, -0.1) is 0 Å². The molecule has 1 amide bonds. The lowest BCUT2D eigenvalue weighted by atomic mass is 9.78. The number of hydrogen-bond acceptors (Lipinski definition) is 1. The second kappa shape index (κ2) is 8.36. The van der Waals surface area contributed by atoms with E-state index >= 15 is 0 Å². The Hall–Kier alpha value is -1.31. The van der Waals surface area contributed by atoms with Gasteiger partial charge in [-0.1, -0.05) is 76.3 Å². The molecule has 1 aromatic carbocycles. The zero-order valence-electron chi connectivity index (χ0n) is 14.2. The highest BCUT2D eigenvalue weighted by molar-refractivity contribution is 5.88. The van der Waals surface area contributed by atoms with Crippen LogP contribution in [0.25, 0.3) is 0 Å². The van der Waals surface area contributed by atoms with Gasteiger partial charge in [0, 0.05) is 6.54 Å². The van der Waals surface area contributed by atoms with Crippen LogP contribution in [-0.4, -0.2) is 12.5 Å². The summed E-state index contributed by atoms with van der Waals surface area (Å²) in [5.74, 6) is 0.879. The highest BCUT2D eigenvalue weighted by Crippen LogP contribution is 2.41. The summed E-state index contributed by atoms with van der Waals surface area (Å²) >= 11 is 0. The number of nitrogens with one attached hydrogen (secondary N) is 1. The molecule has 1 unspecified atom stereocenters. The van der Waals surface area contributed by atoms with E-state index in [1.54, 1.807) is 0 Å². The van der Waals surface area contributed by atoms with Gasteiger partial charge in [-0.05, 0) is 30.7 Å². The van der Waals surface area contributed by atoms with Crippen LogP contribution in [0.1, 0.15) is 70.8 Å². The Morgan fingerprint density at radius 3 is 2.45 bits per heavy atom. The maximum absolute atomic E-state index is 13.0. The third-order valence-corrected chi connectivity index (χ3v) is 5.31. The smallest absolute Gasteiger partial charge is 0.230 e. The molecule has 0 spiro atoms. The summed E-state index contributed by atoms with van der Waals surface area (Å²) in [4.78, 5) is 13.0. The van der Waals surface area contributed by atoms with Crippen LogP contribution in [0, 0.1) is 5.92 Å². The quantitative estimate of drug-likeness (QED) is 0.732. The molecule has 2 rings (SSSR count). The molecule has 2 nitrogen and oxygen atoms in total. The van der Waals surface area contributed by atoms with Crippen molar-refractivity contribution in [2.45, 2.75) is 70.6 Å². The Morgan fingerprint density at radius 1 is 1.18 bits per heavy atom. The number of amides is 1. The van der Waals surface area contributed by atoms with Crippen molar-refractivity contribution < 1.29 is 4.79 Å². The van der Waals surface area contributed by atoms with Gasteiger partial charge in [-0.25, -0.2) is 0 Å². The highest BCUT2D eigenvalue weighted by atomic mass is 16.2. The molecule has 122 valence electrons. The van der Waals surface area contributed by atoms with Gasteiger partial charge >= 0.3 is 0 Å². The predicted octanol–water partition coefficient (Wildman–Crippen LogP) is 4.83. The topological polar surface area (TPSA) is 29.1 Å². The first-order chi connectivity index (χ1) is 10.7. The summed E-state index contributed by atoms with van der Waals surface area (Å²) in [6.07, 6.45) is 9.19. The van der Waals surface area contributed by atoms with Gasteiger partial charge in [0.2, 0.25) is 5.91 Å². The number of carbonyl (C=O) groups excluding carboxylic acids is 1. The lowest BCUT2D eigenvalue weighted by Crippen LogP contribution is -2.44. The van der Waals surface area contributed by atoms with Gasteiger partial charge in [0.1, 0.15) is 0 Å². The minimum atomic E-state index is -0.274. The van der Waals surface area contributed by atoms with Crippen LogP contribution in [-0.2, 0) is 10.2 Å². The molecular weight excluding hydrogens is 270 g/mol. The van der Waals surface area contributed by atoms with Crippen molar-refractivity contribution in [1.29, 1.82) is 0 Å². The second-order valence-corrected chi connectivity index (χ2v) is 6.78. The van der Waals surface area contributed by atoms with E-state index < -0.39 is 0 Å². The minimum absolute atomic E-state index is 0.256. The molecule has 0 radical (unpaired) electrons. The molecule has 2 heteroatoms. The van der Waals surface area contributed by atoms with Gasteiger partial charge in [-0.3, -0.25) is 4.79 Å². The van der Waals surface area contributed by atoms with Crippen molar-refractivity contribution in [3.63, 3.8) is 0 Å². The first-order valence-electron chi connectivity index (χ1n) is 9.06. The molecule has 0 bridgehead atoms.